The number of amides is 2. The molecule has 0 aromatic heterocycles. The summed E-state index contributed by atoms with van der Waals surface area (Å²) >= 11 is 3.30. The second-order valence-electron chi connectivity index (χ2n) is 8.37. The maximum Gasteiger partial charge on any atom is 0.271 e. The summed E-state index contributed by atoms with van der Waals surface area (Å²) < 4.78 is 19.3. The molecule has 12 heteroatoms. The Morgan fingerprint density at radius 3 is 2.51 bits per heavy atom. The van der Waals surface area contributed by atoms with Crippen molar-refractivity contribution in [3.63, 3.8) is 0 Å². The van der Waals surface area contributed by atoms with Gasteiger partial charge in [0.1, 0.15) is 11.7 Å². The highest BCUT2D eigenvalue weighted by Crippen LogP contribution is 2.50. The highest BCUT2D eigenvalue weighted by molar-refractivity contribution is 9.10. The number of hydrogen-bond acceptors (Lipinski definition) is 8. The van der Waals surface area contributed by atoms with Gasteiger partial charge in [-0.2, -0.15) is 0 Å². The second-order valence-corrected chi connectivity index (χ2v) is 9.22. The van der Waals surface area contributed by atoms with Crippen LogP contribution in [-0.2, 0) is 14.4 Å². The number of carbonyl (C=O) groups is 2. The Balaban J connectivity index is 1.64. The van der Waals surface area contributed by atoms with E-state index in [2.05, 4.69) is 15.9 Å². The molecule has 2 amide bonds. The molecule has 2 heterocycles. The zero-order valence-corrected chi connectivity index (χ0v) is 20.8. The summed E-state index contributed by atoms with van der Waals surface area (Å²) in [4.78, 5) is 44.9. The third kappa shape index (κ3) is 4.17. The van der Waals surface area contributed by atoms with Crippen LogP contribution in [0.4, 0.5) is 21.5 Å². The number of hydroxylamine groups is 1. The van der Waals surface area contributed by atoms with Gasteiger partial charge in [0.15, 0.2) is 17.6 Å². The Morgan fingerprint density at radius 2 is 1.84 bits per heavy atom. The van der Waals surface area contributed by atoms with Crippen LogP contribution in [0, 0.1) is 21.8 Å². The first-order chi connectivity index (χ1) is 17.7. The van der Waals surface area contributed by atoms with Gasteiger partial charge in [0.2, 0.25) is 5.91 Å². The molecule has 2 fully saturated rings. The molecule has 0 saturated carbocycles. The molecule has 0 bridgehead atoms. The lowest BCUT2D eigenvalue weighted by Gasteiger charge is -2.29. The van der Waals surface area contributed by atoms with Crippen LogP contribution in [-0.4, -0.2) is 34.6 Å². The summed E-state index contributed by atoms with van der Waals surface area (Å²) in [7, 11) is 0. The van der Waals surface area contributed by atoms with Gasteiger partial charge in [-0.05, 0) is 70.9 Å². The van der Waals surface area contributed by atoms with Crippen LogP contribution >= 0.6 is 15.9 Å². The number of anilines is 2. The van der Waals surface area contributed by atoms with Crippen molar-refractivity contribution in [1.82, 2.24) is 0 Å². The smallest absolute Gasteiger partial charge is 0.271 e. The summed E-state index contributed by atoms with van der Waals surface area (Å²) in [5.74, 6) is -2.82. The molecule has 3 aromatic carbocycles. The highest BCUT2D eigenvalue weighted by atomic mass is 79.9. The molecular formula is C25H19BrFN3O7. The number of ether oxygens (including phenoxy) is 1. The predicted molar refractivity (Wildman–Crippen MR) is 133 cm³/mol. The minimum absolute atomic E-state index is 0.140. The SMILES string of the molecule is CCOc1cc([C@@H]2[C@H]3C(=O)N(c4ccc(F)cc4)C(=O)[C@H]3ON2c2cccc([N+](=O)[O-])c2)cc(Br)c1O. The maximum absolute atomic E-state index is 13.7. The number of aromatic hydroxyl groups is 1. The molecule has 190 valence electrons. The number of benzene rings is 3. The summed E-state index contributed by atoms with van der Waals surface area (Å²) in [5.41, 5.74) is 0.695. The minimum atomic E-state index is -1.25. The van der Waals surface area contributed by atoms with Crippen LogP contribution in [0.1, 0.15) is 18.5 Å². The number of rotatable bonds is 6. The van der Waals surface area contributed by atoms with Crippen molar-refractivity contribution in [3.05, 3.63) is 86.6 Å². The standard InChI is InChI=1S/C25H19BrFN3O7/c1-2-36-19-11-13(10-18(26)22(19)31)21-20-23(37-29(21)16-4-3-5-17(12-16)30(34)35)25(33)28(24(20)32)15-8-6-14(27)7-9-15/h3-12,20-21,23,31H,2H2,1H3/t20-,21-,23+/m1/s1. The number of non-ortho nitro benzene ring substituents is 1. The molecule has 0 aliphatic carbocycles. The van der Waals surface area contributed by atoms with Crippen LogP contribution in [0.2, 0.25) is 0 Å². The number of nitro groups is 1. The van der Waals surface area contributed by atoms with Gasteiger partial charge < -0.3 is 9.84 Å². The molecule has 3 aromatic rings. The van der Waals surface area contributed by atoms with Crippen molar-refractivity contribution in [3.8, 4) is 11.5 Å². The third-order valence-corrected chi connectivity index (χ3v) is 6.79. The zero-order valence-electron chi connectivity index (χ0n) is 19.2. The molecule has 2 aliphatic heterocycles. The van der Waals surface area contributed by atoms with Crippen LogP contribution in [0.15, 0.2) is 65.1 Å². The number of phenols is 1. The largest absolute Gasteiger partial charge is 0.503 e. The first-order valence-electron chi connectivity index (χ1n) is 11.2. The third-order valence-electron chi connectivity index (χ3n) is 6.19. The first kappa shape index (κ1) is 24.7. The van der Waals surface area contributed by atoms with Gasteiger partial charge in [-0.1, -0.05) is 6.07 Å². The summed E-state index contributed by atoms with van der Waals surface area (Å²) in [6.07, 6.45) is -1.25. The van der Waals surface area contributed by atoms with Crippen molar-refractivity contribution in [1.29, 1.82) is 0 Å². The zero-order chi connectivity index (χ0) is 26.4. The van der Waals surface area contributed by atoms with Gasteiger partial charge in [-0.3, -0.25) is 24.5 Å². The van der Waals surface area contributed by atoms with Crippen molar-refractivity contribution < 1.29 is 33.6 Å². The van der Waals surface area contributed by atoms with Crippen molar-refractivity contribution in [2.24, 2.45) is 5.92 Å². The fraction of sp³-hybridized carbons (Fsp3) is 0.200. The average Bonchev–Trinajstić information content (AvgIpc) is 3.38. The van der Waals surface area contributed by atoms with E-state index in [1.807, 2.05) is 0 Å². The van der Waals surface area contributed by atoms with E-state index in [4.69, 9.17) is 9.57 Å². The summed E-state index contributed by atoms with van der Waals surface area (Å²) in [5, 5.41) is 23.1. The van der Waals surface area contributed by atoms with E-state index in [0.29, 0.717) is 5.56 Å². The number of carbonyl (C=O) groups excluding carboxylic acids is 2. The van der Waals surface area contributed by atoms with Gasteiger partial charge in [0, 0.05) is 12.1 Å². The van der Waals surface area contributed by atoms with Gasteiger partial charge in [-0.15, -0.1) is 0 Å². The van der Waals surface area contributed by atoms with Gasteiger partial charge in [-0.25, -0.2) is 14.4 Å². The van der Waals surface area contributed by atoms with Crippen molar-refractivity contribution >= 4 is 44.8 Å². The van der Waals surface area contributed by atoms with Crippen LogP contribution in [0.3, 0.4) is 0 Å². The summed E-state index contributed by atoms with van der Waals surface area (Å²) in [6, 6.07) is 12.7. The monoisotopic (exact) mass is 571 g/mol. The quantitative estimate of drug-likeness (QED) is 0.257. The average molecular weight is 572 g/mol. The molecule has 5 rings (SSSR count). The molecule has 1 N–H and O–H groups in total. The van der Waals surface area contributed by atoms with Crippen LogP contribution in [0.25, 0.3) is 0 Å². The maximum atomic E-state index is 13.7. The number of halogens is 2. The van der Waals surface area contributed by atoms with E-state index in [1.54, 1.807) is 19.1 Å². The van der Waals surface area contributed by atoms with E-state index < -0.39 is 40.6 Å². The normalized spacial score (nSPS) is 20.9. The topological polar surface area (TPSA) is 122 Å². The number of nitrogens with zero attached hydrogens (tertiary/aromatic N) is 3. The molecule has 37 heavy (non-hydrogen) atoms. The van der Waals surface area contributed by atoms with Crippen molar-refractivity contribution in [2.75, 3.05) is 16.6 Å². The lowest BCUT2D eigenvalue weighted by Crippen LogP contribution is -2.37. The number of fused-ring (bicyclic) bond motifs is 1. The molecule has 2 saturated heterocycles. The number of phenolic OH excluding ortho intramolecular Hbond substituents is 1. The number of imide groups is 1. The molecule has 10 nitrogen and oxygen atoms in total. The van der Waals surface area contributed by atoms with Crippen LogP contribution < -0.4 is 14.7 Å². The van der Waals surface area contributed by atoms with Gasteiger partial charge >= 0.3 is 0 Å². The fourth-order valence-electron chi connectivity index (χ4n) is 4.60. The molecule has 0 spiro atoms. The molecule has 0 radical (unpaired) electrons. The van der Waals surface area contributed by atoms with Gasteiger partial charge in [0.05, 0.1) is 33.4 Å². The van der Waals surface area contributed by atoms with E-state index in [0.717, 1.165) is 17.0 Å². The highest BCUT2D eigenvalue weighted by Gasteiger charge is 2.60. The van der Waals surface area contributed by atoms with E-state index in [-0.39, 0.29) is 39.6 Å². The fourth-order valence-corrected chi connectivity index (χ4v) is 5.06. The lowest BCUT2D eigenvalue weighted by atomic mass is 9.90. The lowest BCUT2D eigenvalue weighted by molar-refractivity contribution is -0.384. The van der Waals surface area contributed by atoms with E-state index >= 15 is 0 Å². The molecular weight excluding hydrogens is 553 g/mol. The second kappa shape index (κ2) is 9.45. The Hall–Kier alpha value is -4.03. The predicted octanol–water partition coefficient (Wildman–Crippen LogP) is 4.65. The molecule has 2 aliphatic rings. The van der Waals surface area contributed by atoms with Crippen molar-refractivity contribution in [2.45, 2.75) is 19.1 Å². The Kier molecular flexibility index (Phi) is 6.30. The van der Waals surface area contributed by atoms with E-state index in [9.17, 15) is 29.2 Å². The Morgan fingerprint density at radius 1 is 1.11 bits per heavy atom. The first-order valence-corrected chi connectivity index (χ1v) is 12.0. The molecule has 0 unspecified atom stereocenters. The molecule has 3 atom stereocenters. The Bertz CT molecular complexity index is 1420. The number of nitro benzene ring substituents is 1. The number of hydrogen-bond donors (Lipinski definition) is 1. The van der Waals surface area contributed by atoms with Crippen LogP contribution in [0.5, 0.6) is 11.5 Å². The van der Waals surface area contributed by atoms with Gasteiger partial charge in [0.25, 0.3) is 11.6 Å². The summed E-state index contributed by atoms with van der Waals surface area (Å²) in [6.45, 7) is 1.99. The Labute approximate surface area is 218 Å². The van der Waals surface area contributed by atoms with E-state index in [1.165, 1.54) is 41.5 Å². The minimum Gasteiger partial charge on any atom is -0.503 e.